The number of nitrogens with two attached hydrogens (primary N) is 1. The van der Waals surface area contributed by atoms with Gasteiger partial charge in [-0.1, -0.05) is 32.0 Å². The Morgan fingerprint density at radius 2 is 1.80 bits per heavy atom. The minimum Gasteiger partial charge on any atom is -0.330 e. The molecule has 0 radical (unpaired) electrons. The van der Waals surface area contributed by atoms with Gasteiger partial charge in [0.25, 0.3) is 0 Å². The molecule has 0 heterocycles. The summed E-state index contributed by atoms with van der Waals surface area (Å²) in [5.74, 6) is 1.23. The molecule has 1 nitrogen and oxygen atoms in total. The van der Waals surface area contributed by atoms with Crippen molar-refractivity contribution in [2.45, 2.75) is 40.0 Å². The van der Waals surface area contributed by atoms with Gasteiger partial charge in [-0.05, 0) is 55.3 Å². The Balaban J connectivity index is 2.87. The first-order valence-corrected chi connectivity index (χ1v) is 5.81. The summed E-state index contributed by atoms with van der Waals surface area (Å²) < 4.78 is 0. The molecule has 0 amide bonds. The van der Waals surface area contributed by atoms with Crippen molar-refractivity contribution >= 4 is 0 Å². The molecule has 0 aliphatic carbocycles. The third kappa shape index (κ3) is 3.35. The van der Waals surface area contributed by atoms with Gasteiger partial charge in [-0.25, -0.2) is 0 Å². The quantitative estimate of drug-likeness (QED) is 0.801. The zero-order chi connectivity index (χ0) is 11.4. The second kappa shape index (κ2) is 5.32. The van der Waals surface area contributed by atoms with Crippen LogP contribution in [0.25, 0.3) is 0 Å². The molecule has 1 rings (SSSR count). The lowest BCUT2D eigenvalue weighted by Gasteiger charge is -2.18. The SMILES string of the molecule is Cc1ccc(C(CN)CC(C)C)cc1C. The maximum Gasteiger partial charge on any atom is -0.000814 e. The molecular weight excluding hydrogens is 182 g/mol. The minimum atomic E-state index is 0.518. The summed E-state index contributed by atoms with van der Waals surface area (Å²) in [6.45, 7) is 9.58. The average molecular weight is 205 g/mol. The number of benzene rings is 1. The lowest BCUT2D eigenvalue weighted by Crippen LogP contribution is -2.14. The lowest BCUT2D eigenvalue weighted by atomic mass is 9.89. The maximum atomic E-state index is 5.84. The fraction of sp³-hybridized carbons (Fsp3) is 0.571. The number of hydrogen-bond donors (Lipinski definition) is 1. The molecule has 15 heavy (non-hydrogen) atoms. The Morgan fingerprint density at radius 1 is 1.13 bits per heavy atom. The average Bonchev–Trinajstić information content (AvgIpc) is 2.18. The van der Waals surface area contributed by atoms with Gasteiger partial charge in [-0.15, -0.1) is 0 Å². The third-order valence-corrected chi connectivity index (χ3v) is 3.04. The van der Waals surface area contributed by atoms with Crippen molar-refractivity contribution in [3.63, 3.8) is 0 Å². The Hall–Kier alpha value is -0.820. The second-order valence-corrected chi connectivity index (χ2v) is 4.91. The Kier molecular flexibility index (Phi) is 4.34. The van der Waals surface area contributed by atoms with Gasteiger partial charge in [0.2, 0.25) is 0 Å². The first kappa shape index (κ1) is 12.3. The van der Waals surface area contributed by atoms with Crippen LogP contribution < -0.4 is 5.73 Å². The van der Waals surface area contributed by atoms with Crippen molar-refractivity contribution < 1.29 is 0 Å². The van der Waals surface area contributed by atoms with E-state index in [2.05, 4.69) is 45.9 Å². The van der Waals surface area contributed by atoms with Crippen LogP contribution in [0.1, 0.15) is 42.9 Å². The standard InChI is InChI=1S/C14H23N/c1-10(2)7-14(9-15)13-6-5-11(3)12(4)8-13/h5-6,8,10,14H,7,9,15H2,1-4H3. The number of aryl methyl sites for hydroxylation is 2. The second-order valence-electron chi connectivity index (χ2n) is 4.91. The smallest absolute Gasteiger partial charge is 0.000814 e. The van der Waals surface area contributed by atoms with Gasteiger partial charge < -0.3 is 5.73 Å². The lowest BCUT2D eigenvalue weighted by molar-refractivity contribution is 0.504. The summed E-state index contributed by atoms with van der Waals surface area (Å²) >= 11 is 0. The van der Waals surface area contributed by atoms with Gasteiger partial charge in [-0.2, -0.15) is 0 Å². The van der Waals surface area contributed by atoms with E-state index in [9.17, 15) is 0 Å². The predicted molar refractivity (Wildman–Crippen MR) is 67.2 cm³/mol. The minimum absolute atomic E-state index is 0.518. The van der Waals surface area contributed by atoms with E-state index in [1.807, 2.05) is 0 Å². The Morgan fingerprint density at radius 3 is 2.27 bits per heavy atom. The van der Waals surface area contributed by atoms with Crippen LogP contribution in [0, 0.1) is 19.8 Å². The zero-order valence-corrected chi connectivity index (χ0v) is 10.4. The van der Waals surface area contributed by atoms with Gasteiger partial charge in [0.05, 0.1) is 0 Å². The number of hydrogen-bond acceptors (Lipinski definition) is 1. The molecule has 1 aromatic carbocycles. The summed E-state index contributed by atoms with van der Waals surface area (Å²) in [6.07, 6.45) is 1.18. The van der Waals surface area contributed by atoms with E-state index in [0.29, 0.717) is 11.8 Å². The highest BCUT2D eigenvalue weighted by atomic mass is 14.5. The molecule has 0 saturated carbocycles. The van der Waals surface area contributed by atoms with Gasteiger partial charge in [-0.3, -0.25) is 0 Å². The van der Waals surface area contributed by atoms with Crippen LogP contribution in [0.5, 0.6) is 0 Å². The molecule has 1 heteroatoms. The van der Waals surface area contributed by atoms with Gasteiger partial charge in [0, 0.05) is 0 Å². The molecule has 0 bridgehead atoms. The van der Waals surface area contributed by atoms with E-state index in [4.69, 9.17) is 5.73 Å². The highest BCUT2D eigenvalue weighted by molar-refractivity contribution is 5.32. The molecule has 0 aliphatic rings. The van der Waals surface area contributed by atoms with Gasteiger partial charge in [0.15, 0.2) is 0 Å². The predicted octanol–water partition coefficient (Wildman–Crippen LogP) is 3.39. The molecule has 1 aromatic rings. The summed E-state index contributed by atoms with van der Waals surface area (Å²) in [5, 5.41) is 0. The van der Waals surface area contributed by atoms with E-state index in [1.54, 1.807) is 0 Å². The van der Waals surface area contributed by atoms with Crippen LogP contribution in [0.4, 0.5) is 0 Å². The molecule has 0 fully saturated rings. The summed E-state index contributed by atoms with van der Waals surface area (Å²) in [5.41, 5.74) is 9.97. The van der Waals surface area contributed by atoms with Crippen molar-refractivity contribution in [2.75, 3.05) is 6.54 Å². The van der Waals surface area contributed by atoms with Crippen LogP contribution in [0.2, 0.25) is 0 Å². The molecule has 1 atom stereocenters. The van der Waals surface area contributed by atoms with Crippen molar-refractivity contribution in [1.82, 2.24) is 0 Å². The van der Waals surface area contributed by atoms with Crippen LogP contribution in [-0.2, 0) is 0 Å². The Bertz CT molecular complexity index is 315. The molecule has 1 unspecified atom stereocenters. The third-order valence-electron chi connectivity index (χ3n) is 3.04. The van der Waals surface area contributed by atoms with Crippen LogP contribution in [0.3, 0.4) is 0 Å². The van der Waals surface area contributed by atoms with Crippen molar-refractivity contribution in [2.24, 2.45) is 11.7 Å². The van der Waals surface area contributed by atoms with Crippen LogP contribution in [-0.4, -0.2) is 6.54 Å². The zero-order valence-electron chi connectivity index (χ0n) is 10.4. The number of rotatable bonds is 4. The fourth-order valence-electron chi connectivity index (χ4n) is 1.96. The van der Waals surface area contributed by atoms with E-state index in [1.165, 1.54) is 23.1 Å². The van der Waals surface area contributed by atoms with E-state index < -0.39 is 0 Å². The van der Waals surface area contributed by atoms with Crippen molar-refractivity contribution in [3.05, 3.63) is 34.9 Å². The normalized spacial score (nSPS) is 13.2. The van der Waals surface area contributed by atoms with E-state index in [-0.39, 0.29) is 0 Å². The first-order valence-electron chi connectivity index (χ1n) is 5.81. The van der Waals surface area contributed by atoms with Crippen LogP contribution in [0.15, 0.2) is 18.2 Å². The highest BCUT2D eigenvalue weighted by Crippen LogP contribution is 2.24. The molecule has 0 aromatic heterocycles. The molecular formula is C14H23N. The van der Waals surface area contributed by atoms with Crippen molar-refractivity contribution in [1.29, 1.82) is 0 Å². The monoisotopic (exact) mass is 205 g/mol. The molecule has 84 valence electrons. The van der Waals surface area contributed by atoms with E-state index in [0.717, 1.165) is 6.54 Å². The summed E-state index contributed by atoms with van der Waals surface area (Å²) in [4.78, 5) is 0. The topological polar surface area (TPSA) is 26.0 Å². The van der Waals surface area contributed by atoms with Gasteiger partial charge >= 0.3 is 0 Å². The van der Waals surface area contributed by atoms with Gasteiger partial charge in [0.1, 0.15) is 0 Å². The summed E-state index contributed by atoms with van der Waals surface area (Å²) in [6, 6.07) is 6.71. The maximum absolute atomic E-state index is 5.84. The molecule has 0 aliphatic heterocycles. The van der Waals surface area contributed by atoms with E-state index >= 15 is 0 Å². The molecule has 0 saturated heterocycles. The first-order chi connectivity index (χ1) is 7.04. The molecule has 2 N–H and O–H groups in total. The fourth-order valence-corrected chi connectivity index (χ4v) is 1.96. The van der Waals surface area contributed by atoms with Crippen LogP contribution >= 0.6 is 0 Å². The molecule has 0 spiro atoms. The Labute approximate surface area is 93.7 Å². The summed E-state index contributed by atoms with van der Waals surface area (Å²) in [7, 11) is 0. The highest BCUT2D eigenvalue weighted by Gasteiger charge is 2.11. The van der Waals surface area contributed by atoms with Crippen molar-refractivity contribution in [3.8, 4) is 0 Å². The largest absolute Gasteiger partial charge is 0.330 e.